The number of rotatable bonds is 7. The molecule has 0 rings (SSSR count). The highest BCUT2D eigenvalue weighted by Gasteiger charge is 2.01. The topological polar surface area (TPSA) is 85.2 Å². The molecule has 0 aliphatic rings. The molecule has 16 heavy (non-hydrogen) atoms. The molecule has 6 heteroatoms. The summed E-state index contributed by atoms with van der Waals surface area (Å²) in [5.41, 5.74) is 0.302. The van der Waals surface area contributed by atoms with Crippen molar-refractivity contribution in [3.8, 4) is 0 Å². The summed E-state index contributed by atoms with van der Waals surface area (Å²) in [5, 5.41) is 8.36. The molecule has 0 aliphatic carbocycles. The minimum absolute atomic E-state index is 0.0149. The van der Waals surface area contributed by atoms with Crippen LogP contribution in [0.3, 0.4) is 0 Å². The second-order valence-electron chi connectivity index (χ2n) is 2.85. The Balaban J connectivity index is 3.58. The van der Waals surface area contributed by atoms with Crippen LogP contribution in [0.2, 0.25) is 0 Å². The van der Waals surface area contributed by atoms with E-state index >= 15 is 0 Å². The first-order valence-corrected chi connectivity index (χ1v) is 4.65. The largest absolute Gasteiger partial charge is 0.462 e. The van der Waals surface area contributed by atoms with E-state index in [1.54, 1.807) is 0 Å². The molecule has 0 aromatic heterocycles. The smallest absolute Gasteiger partial charge is 0.333 e. The van der Waals surface area contributed by atoms with Gasteiger partial charge in [0.2, 0.25) is 0 Å². The van der Waals surface area contributed by atoms with E-state index in [9.17, 15) is 9.59 Å². The maximum atomic E-state index is 10.9. The number of hydrogen-bond donors (Lipinski definition) is 1. The standard InChI is InChI=1S/C10H15NO5/c1-8(2)10(14)16-5-3-11-7-9(13)15-6-4-12/h3,12H,1,4-7H2,2H3. The van der Waals surface area contributed by atoms with Crippen LogP contribution in [0.1, 0.15) is 6.92 Å². The zero-order valence-electron chi connectivity index (χ0n) is 9.14. The van der Waals surface area contributed by atoms with E-state index in [-0.39, 0.29) is 26.4 Å². The normalized spacial score (nSPS) is 10.1. The molecule has 0 aliphatic heterocycles. The molecule has 0 unspecified atom stereocenters. The summed E-state index contributed by atoms with van der Waals surface area (Å²) in [7, 11) is 0. The number of ether oxygens (including phenoxy) is 2. The number of aliphatic hydroxyl groups is 1. The molecular formula is C10H15NO5. The lowest BCUT2D eigenvalue weighted by Gasteiger charge is -2.00. The zero-order valence-corrected chi connectivity index (χ0v) is 9.14. The van der Waals surface area contributed by atoms with Crippen molar-refractivity contribution in [2.45, 2.75) is 6.92 Å². The van der Waals surface area contributed by atoms with Gasteiger partial charge in [-0.25, -0.2) is 4.79 Å². The van der Waals surface area contributed by atoms with Crippen LogP contribution in [0.15, 0.2) is 17.1 Å². The van der Waals surface area contributed by atoms with Gasteiger partial charge in [-0.15, -0.1) is 0 Å². The lowest BCUT2D eigenvalue weighted by molar-refractivity contribution is -0.142. The number of hydrogen-bond acceptors (Lipinski definition) is 6. The van der Waals surface area contributed by atoms with E-state index < -0.39 is 11.9 Å². The minimum atomic E-state index is -0.545. The van der Waals surface area contributed by atoms with Gasteiger partial charge in [0.25, 0.3) is 0 Å². The maximum Gasteiger partial charge on any atom is 0.333 e. The second kappa shape index (κ2) is 8.60. The van der Waals surface area contributed by atoms with Crippen LogP contribution in [-0.4, -0.2) is 49.6 Å². The molecule has 0 atom stereocenters. The van der Waals surface area contributed by atoms with Crippen LogP contribution >= 0.6 is 0 Å². The summed E-state index contributed by atoms with van der Waals surface area (Å²) in [6, 6.07) is 0. The Hall–Kier alpha value is -1.69. The van der Waals surface area contributed by atoms with E-state index in [0.717, 1.165) is 0 Å². The molecule has 6 nitrogen and oxygen atoms in total. The van der Waals surface area contributed by atoms with E-state index in [1.807, 2.05) is 0 Å². The van der Waals surface area contributed by atoms with Crippen molar-refractivity contribution in [2.24, 2.45) is 4.99 Å². The first kappa shape index (κ1) is 14.3. The third-order valence-corrected chi connectivity index (χ3v) is 1.34. The number of carbonyl (C=O) groups excluding carboxylic acids is 2. The first-order valence-electron chi connectivity index (χ1n) is 4.65. The molecule has 0 heterocycles. The van der Waals surface area contributed by atoms with Crippen molar-refractivity contribution in [2.75, 3.05) is 26.4 Å². The summed E-state index contributed by atoms with van der Waals surface area (Å²) < 4.78 is 9.22. The third-order valence-electron chi connectivity index (χ3n) is 1.34. The van der Waals surface area contributed by atoms with Gasteiger partial charge in [0.1, 0.15) is 19.8 Å². The molecule has 0 aromatic rings. The highest BCUT2D eigenvalue weighted by molar-refractivity contribution is 5.87. The Bertz CT molecular complexity index is 285. The number of aliphatic hydroxyl groups excluding tert-OH is 1. The Morgan fingerprint density at radius 1 is 1.44 bits per heavy atom. The van der Waals surface area contributed by atoms with Gasteiger partial charge >= 0.3 is 11.9 Å². The van der Waals surface area contributed by atoms with E-state index in [4.69, 9.17) is 5.11 Å². The van der Waals surface area contributed by atoms with Crippen molar-refractivity contribution in [3.05, 3.63) is 12.2 Å². The van der Waals surface area contributed by atoms with Crippen molar-refractivity contribution >= 4 is 18.2 Å². The fourth-order valence-corrected chi connectivity index (χ4v) is 0.633. The quantitative estimate of drug-likeness (QED) is 0.368. The summed E-state index contributed by atoms with van der Waals surface area (Å²) >= 11 is 0. The molecule has 1 N–H and O–H groups in total. The van der Waals surface area contributed by atoms with Gasteiger partial charge in [-0.2, -0.15) is 0 Å². The lowest BCUT2D eigenvalue weighted by atomic mass is 10.4. The average molecular weight is 229 g/mol. The van der Waals surface area contributed by atoms with E-state index in [1.165, 1.54) is 13.1 Å². The summed E-state index contributed by atoms with van der Waals surface area (Å²) in [6.07, 6.45) is 1.29. The van der Waals surface area contributed by atoms with E-state index in [2.05, 4.69) is 21.0 Å². The Kier molecular flexibility index (Phi) is 7.70. The predicted octanol–water partition coefficient (Wildman–Crippen LogP) is -0.288. The van der Waals surface area contributed by atoms with Gasteiger partial charge < -0.3 is 14.6 Å². The van der Waals surface area contributed by atoms with Crippen LogP contribution < -0.4 is 0 Å². The molecule has 0 saturated carbocycles. The van der Waals surface area contributed by atoms with Gasteiger partial charge in [-0.1, -0.05) is 6.58 Å². The van der Waals surface area contributed by atoms with Crippen LogP contribution in [0.25, 0.3) is 0 Å². The SMILES string of the molecule is C=C(C)C(=O)OCC=NCC(=O)OCCO. The van der Waals surface area contributed by atoms with Crippen molar-refractivity contribution in [1.82, 2.24) is 0 Å². The molecule has 0 spiro atoms. The molecule has 0 saturated heterocycles. The molecule has 0 aromatic carbocycles. The summed E-state index contributed by atoms with van der Waals surface area (Å²) in [5.74, 6) is -1.05. The number of esters is 2. The zero-order chi connectivity index (χ0) is 12.4. The maximum absolute atomic E-state index is 10.9. The highest BCUT2D eigenvalue weighted by Crippen LogP contribution is 1.90. The highest BCUT2D eigenvalue weighted by atomic mass is 16.5. The number of carbonyl (C=O) groups is 2. The molecule has 0 radical (unpaired) electrons. The van der Waals surface area contributed by atoms with Gasteiger partial charge in [0.15, 0.2) is 0 Å². The Morgan fingerprint density at radius 3 is 2.69 bits per heavy atom. The Labute approximate surface area is 93.6 Å². The van der Waals surface area contributed by atoms with Crippen molar-refractivity contribution in [1.29, 1.82) is 0 Å². The minimum Gasteiger partial charge on any atom is -0.462 e. The molecule has 0 bridgehead atoms. The molecule has 90 valence electrons. The summed E-state index contributed by atoms with van der Waals surface area (Å²) in [6.45, 7) is 4.50. The van der Waals surface area contributed by atoms with E-state index in [0.29, 0.717) is 5.57 Å². The van der Waals surface area contributed by atoms with Gasteiger partial charge in [0.05, 0.1) is 6.61 Å². The molecule has 0 fully saturated rings. The Morgan fingerprint density at radius 2 is 2.12 bits per heavy atom. The number of nitrogens with zero attached hydrogens (tertiary/aromatic N) is 1. The lowest BCUT2D eigenvalue weighted by Crippen LogP contribution is -2.12. The third kappa shape index (κ3) is 7.69. The first-order chi connectivity index (χ1) is 7.57. The predicted molar refractivity (Wildman–Crippen MR) is 57.2 cm³/mol. The van der Waals surface area contributed by atoms with Gasteiger partial charge in [-0.05, 0) is 6.92 Å². The van der Waals surface area contributed by atoms with Gasteiger partial charge in [-0.3, -0.25) is 9.79 Å². The van der Waals surface area contributed by atoms with Gasteiger partial charge in [0, 0.05) is 11.8 Å². The number of aliphatic imine (C=N–C) groups is 1. The summed E-state index contributed by atoms with van der Waals surface area (Å²) in [4.78, 5) is 25.4. The monoisotopic (exact) mass is 229 g/mol. The fraction of sp³-hybridized carbons (Fsp3) is 0.500. The van der Waals surface area contributed by atoms with Crippen LogP contribution in [0, 0.1) is 0 Å². The second-order valence-corrected chi connectivity index (χ2v) is 2.85. The molecular weight excluding hydrogens is 214 g/mol. The van der Waals surface area contributed by atoms with Crippen molar-refractivity contribution in [3.63, 3.8) is 0 Å². The van der Waals surface area contributed by atoms with Crippen molar-refractivity contribution < 1.29 is 24.2 Å². The molecule has 0 amide bonds. The fourth-order valence-electron chi connectivity index (χ4n) is 0.633. The van der Waals surface area contributed by atoms with Crippen LogP contribution in [0.4, 0.5) is 0 Å². The van der Waals surface area contributed by atoms with Crippen LogP contribution in [0.5, 0.6) is 0 Å². The van der Waals surface area contributed by atoms with Crippen LogP contribution in [-0.2, 0) is 19.1 Å². The average Bonchev–Trinajstić information content (AvgIpc) is 2.25.